The summed E-state index contributed by atoms with van der Waals surface area (Å²) in [6.45, 7) is 7.30. The van der Waals surface area contributed by atoms with E-state index < -0.39 is 26.0 Å². The minimum absolute atomic E-state index is 0.0239. The second kappa shape index (κ2) is 12.5. The van der Waals surface area contributed by atoms with Crippen LogP contribution in [-0.2, 0) is 27.4 Å². The Morgan fingerprint density at radius 3 is 2.60 bits per heavy atom. The molecule has 3 amide bonds. The van der Waals surface area contributed by atoms with Crippen molar-refractivity contribution in [3.05, 3.63) is 64.6 Å². The molecule has 2 saturated heterocycles. The van der Waals surface area contributed by atoms with Crippen LogP contribution in [0.5, 0.6) is 5.75 Å². The number of carbonyl (C=O) groups is 4. The minimum Gasteiger partial charge on any atom is -0.410 e. The van der Waals surface area contributed by atoms with Crippen LogP contribution < -0.4 is 10.1 Å². The molecule has 5 rings (SSSR count). The zero-order valence-corrected chi connectivity index (χ0v) is 26.1. The number of nitrogens with one attached hydrogen (secondary N) is 1. The Bertz CT molecular complexity index is 1590. The lowest BCUT2D eigenvalue weighted by Crippen LogP contribution is -2.46. The third kappa shape index (κ3) is 6.76. The average molecular weight is 629 g/mol. The molecule has 1 aromatic heterocycles. The zero-order valence-electron chi connectivity index (χ0n) is 24.3. The summed E-state index contributed by atoms with van der Waals surface area (Å²) in [6, 6.07) is 9.46. The van der Waals surface area contributed by atoms with Crippen molar-refractivity contribution in [2.75, 3.05) is 32.5 Å². The van der Waals surface area contributed by atoms with Gasteiger partial charge in [-0.15, -0.1) is 0 Å². The summed E-state index contributed by atoms with van der Waals surface area (Å²) in [4.78, 5) is 55.3. The van der Waals surface area contributed by atoms with Gasteiger partial charge in [-0.25, -0.2) is 9.18 Å². The summed E-state index contributed by atoms with van der Waals surface area (Å²) in [5.41, 5.74) is 1.28. The first-order valence-corrected chi connectivity index (χ1v) is 17.9. The third-order valence-electron chi connectivity index (χ3n) is 7.84. The first kappa shape index (κ1) is 30.7. The smallest absolute Gasteiger partial charge is 0.410 e. The number of rotatable bonds is 7. The van der Waals surface area contributed by atoms with Gasteiger partial charge in [-0.3, -0.25) is 14.4 Å². The van der Waals surface area contributed by atoms with Crippen LogP contribution in [0, 0.1) is 5.82 Å². The SMILES string of the molecule is CC(=O)c1cn(CC(=O)N2C[Si](C)(C)CC2C(=O)NCc2cccc(Cl)c2F)c2ccc(OC(=O)N3CCOCC3)cc12. The highest BCUT2D eigenvalue weighted by Crippen LogP contribution is 2.30. The molecule has 10 nitrogen and oxygen atoms in total. The Morgan fingerprint density at radius 2 is 1.88 bits per heavy atom. The highest BCUT2D eigenvalue weighted by molar-refractivity contribution is 6.79. The van der Waals surface area contributed by atoms with Gasteiger partial charge >= 0.3 is 6.09 Å². The molecule has 13 heteroatoms. The van der Waals surface area contributed by atoms with Crippen molar-refractivity contribution in [2.45, 2.75) is 45.2 Å². The molecule has 2 fully saturated rings. The summed E-state index contributed by atoms with van der Waals surface area (Å²) >= 11 is 5.87. The fraction of sp³-hybridized carbons (Fsp3) is 0.400. The van der Waals surface area contributed by atoms with Crippen molar-refractivity contribution in [3.63, 3.8) is 0 Å². The maximum Gasteiger partial charge on any atom is 0.415 e. The number of amides is 3. The maximum absolute atomic E-state index is 14.4. The monoisotopic (exact) mass is 628 g/mol. The molecule has 1 unspecified atom stereocenters. The van der Waals surface area contributed by atoms with E-state index in [1.54, 1.807) is 50.9 Å². The van der Waals surface area contributed by atoms with Crippen LogP contribution in [0.2, 0.25) is 24.2 Å². The summed E-state index contributed by atoms with van der Waals surface area (Å²) in [5.74, 6) is -1.11. The van der Waals surface area contributed by atoms with Crippen molar-refractivity contribution in [2.24, 2.45) is 0 Å². The molecule has 0 aliphatic carbocycles. The number of ketones is 1. The van der Waals surface area contributed by atoms with E-state index in [9.17, 15) is 23.6 Å². The predicted molar refractivity (Wildman–Crippen MR) is 161 cm³/mol. The number of fused-ring (bicyclic) bond motifs is 1. The van der Waals surface area contributed by atoms with Gasteiger partial charge in [0, 0.05) is 54.0 Å². The molecular weight excluding hydrogens is 595 g/mol. The van der Waals surface area contributed by atoms with Crippen molar-refractivity contribution in [1.82, 2.24) is 19.7 Å². The first-order valence-electron chi connectivity index (χ1n) is 14.1. The number of ether oxygens (including phenoxy) is 2. The summed E-state index contributed by atoms with van der Waals surface area (Å²) in [5, 5.41) is 3.31. The lowest BCUT2D eigenvalue weighted by Gasteiger charge is -2.25. The van der Waals surface area contributed by atoms with Gasteiger partial charge in [0.2, 0.25) is 11.8 Å². The number of morpholine rings is 1. The number of hydrogen-bond acceptors (Lipinski definition) is 6. The van der Waals surface area contributed by atoms with E-state index in [1.807, 2.05) is 0 Å². The number of aromatic nitrogens is 1. The van der Waals surface area contributed by atoms with Crippen LogP contribution in [-0.4, -0.2) is 84.6 Å². The molecule has 2 aliphatic heterocycles. The van der Waals surface area contributed by atoms with Gasteiger partial charge in [-0.2, -0.15) is 0 Å². The van der Waals surface area contributed by atoms with E-state index in [-0.39, 0.29) is 47.0 Å². The van der Waals surface area contributed by atoms with Crippen LogP contribution in [0.1, 0.15) is 22.8 Å². The molecule has 0 spiro atoms. The second-order valence-corrected chi connectivity index (χ2v) is 17.2. The minimum atomic E-state index is -1.92. The van der Waals surface area contributed by atoms with Gasteiger partial charge in [0.25, 0.3) is 0 Å². The molecule has 1 atom stereocenters. The molecule has 0 saturated carbocycles. The molecule has 2 aromatic carbocycles. The van der Waals surface area contributed by atoms with E-state index in [4.69, 9.17) is 21.1 Å². The molecule has 2 aliphatic rings. The lowest BCUT2D eigenvalue weighted by atomic mass is 10.1. The van der Waals surface area contributed by atoms with Crippen molar-refractivity contribution >= 4 is 54.3 Å². The number of carbonyl (C=O) groups excluding carboxylic acids is 4. The predicted octanol–water partition coefficient (Wildman–Crippen LogP) is 4.24. The molecule has 0 radical (unpaired) electrons. The quantitative estimate of drug-likeness (QED) is 0.310. The van der Waals surface area contributed by atoms with Crippen LogP contribution in [0.25, 0.3) is 10.9 Å². The maximum atomic E-state index is 14.4. The fourth-order valence-corrected chi connectivity index (χ4v) is 8.74. The number of Topliss-reactive ketones (excluding diaryl/α,β-unsaturated/α-hetero) is 1. The highest BCUT2D eigenvalue weighted by Gasteiger charge is 2.44. The average Bonchev–Trinajstić information content (AvgIpc) is 3.50. The molecule has 0 bridgehead atoms. The fourth-order valence-electron chi connectivity index (χ4n) is 5.65. The van der Waals surface area contributed by atoms with Gasteiger partial charge in [0.1, 0.15) is 24.2 Å². The summed E-state index contributed by atoms with van der Waals surface area (Å²) in [7, 11) is -1.92. The van der Waals surface area contributed by atoms with E-state index >= 15 is 0 Å². The molecule has 1 N–H and O–H groups in total. The van der Waals surface area contributed by atoms with E-state index in [1.165, 1.54) is 13.0 Å². The molecule has 43 heavy (non-hydrogen) atoms. The largest absolute Gasteiger partial charge is 0.415 e. The van der Waals surface area contributed by atoms with Crippen LogP contribution >= 0.6 is 11.6 Å². The molecular formula is C30H34ClFN4O6Si. The third-order valence-corrected chi connectivity index (χ3v) is 10.8. The Morgan fingerprint density at radius 1 is 1.14 bits per heavy atom. The Balaban J connectivity index is 1.33. The van der Waals surface area contributed by atoms with Crippen LogP contribution in [0.15, 0.2) is 42.6 Å². The van der Waals surface area contributed by atoms with Crippen molar-refractivity contribution in [3.8, 4) is 5.75 Å². The number of hydrogen-bond donors (Lipinski definition) is 1. The van der Waals surface area contributed by atoms with Crippen molar-refractivity contribution < 1.29 is 33.0 Å². The first-order chi connectivity index (χ1) is 20.4. The van der Waals surface area contributed by atoms with Crippen LogP contribution in [0.3, 0.4) is 0 Å². The lowest BCUT2D eigenvalue weighted by molar-refractivity contribution is -0.138. The Labute approximate surface area is 254 Å². The van der Waals surface area contributed by atoms with E-state index in [0.717, 1.165) is 0 Å². The number of benzene rings is 2. The Hall–Kier alpha value is -3.74. The van der Waals surface area contributed by atoms with Crippen molar-refractivity contribution in [1.29, 1.82) is 0 Å². The van der Waals surface area contributed by atoms with E-state index in [2.05, 4.69) is 18.4 Å². The highest BCUT2D eigenvalue weighted by atomic mass is 35.5. The zero-order chi connectivity index (χ0) is 30.9. The molecule has 3 aromatic rings. The van der Waals surface area contributed by atoms with Crippen LogP contribution in [0.4, 0.5) is 9.18 Å². The number of nitrogens with zero attached hydrogens (tertiary/aromatic N) is 3. The number of halogens is 2. The second-order valence-electron chi connectivity index (χ2n) is 11.7. The van der Waals surface area contributed by atoms with Gasteiger partial charge in [0.15, 0.2) is 5.78 Å². The summed E-state index contributed by atoms with van der Waals surface area (Å²) in [6.07, 6.45) is 1.62. The van der Waals surface area contributed by atoms with Gasteiger partial charge in [0.05, 0.1) is 26.3 Å². The standard InChI is InChI=1S/C30H34ClFN4O6Si/c1-19(37)23-15-35(25-8-7-21(13-22(23)25)42-30(40)34-9-11-41-12-10-34)16-27(38)36-18-43(2,3)17-26(36)29(39)33-14-20-5-4-6-24(31)28(20)32/h4-8,13,15,26H,9-12,14,16-18H2,1-3H3,(H,33,39). The molecule has 228 valence electrons. The molecule has 3 heterocycles. The summed E-state index contributed by atoms with van der Waals surface area (Å²) < 4.78 is 26.9. The van der Waals surface area contributed by atoms with Gasteiger partial charge in [-0.1, -0.05) is 36.8 Å². The normalized spacial score (nSPS) is 18.1. The Kier molecular flexibility index (Phi) is 8.90. The van der Waals surface area contributed by atoms with E-state index in [0.29, 0.717) is 55.0 Å². The van der Waals surface area contributed by atoms with Gasteiger partial charge < -0.3 is 29.2 Å². The van der Waals surface area contributed by atoms with Gasteiger partial charge in [-0.05, 0) is 37.2 Å². The topological polar surface area (TPSA) is 110 Å².